The van der Waals surface area contributed by atoms with Crippen LogP contribution in [0.3, 0.4) is 0 Å². The quantitative estimate of drug-likeness (QED) is 0.824. The molecule has 0 radical (unpaired) electrons. The van der Waals surface area contributed by atoms with E-state index in [1.54, 1.807) is 17.0 Å². The molecule has 3 heterocycles. The maximum absolute atomic E-state index is 13.3. The smallest absolute Gasteiger partial charge is 0.417 e. The van der Waals surface area contributed by atoms with Crippen molar-refractivity contribution < 1.29 is 23.5 Å². The summed E-state index contributed by atoms with van der Waals surface area (Å²) in [5.41, 5.74) is 0. The minimum Gasteiger partial charge on any atom is -0.439 e. The maximum atomic E-state index is 13.3. The number of benzene rings is 1. The molecule has 2 fully saturated rings. The third-order valence-electron chi connectivity index (χ3n) is 4.59. The second-order valence-electron chi connectivity index (χ2n) is 6.13. The minimum absolute atomic E-state index is 0.101. The third kappa shape index (κ3) is 2.86. The van der Waals surface area contributed by atoms with E-state index in [0.717, 1.165) is 4.70 Å². The Morgan fingerprint density at radius 2 is 1.96 bits per heavy atom. The molecule has 2 aliphatic heterocycles. The van der Waals surface area contributed by atoms with Gasteiger partial charge in [-0.2, -0.15) is 0 Å². The summed E-state index contributed by atoms with van der Waals surface area (Å²) in [6.45, 7) is 0.725. The summed E-state index contributed by atoms with van der Waals surface area (Å²) in [6.07, 6.45) is 0.472. The monoisotopic (exact) mass is 362 g/mol. The van der Waals surface area contributed by atoms with Gasteiger partial charge in [-0.15, -0.1) is 11.3 Å². The Bertz CT molecular complexity index is 857. The molecule has 0 atom stereocenters. The number of cyclic esters (lactones) is 1. The lowest BCUT2D eigenvalue weighted by atomic mass is 10.0. The van der Waals surface area contributed by atoms with Gasteiger partial charge in [0.05, 0.1) is 4.88 Å². The average molecular weight is 362 g/mol. The average Bonchev–Trinajstić information content (AvgIpc) is 3.17. The SMILES string of the molecule is O=C(c1cc2cc(F)ccc2s1)N1CCC(N2C(=O)COC2=O)CC1. The number of likely N-dealkylation sites (tertiary alicyclic amines) is 1. The molecule has 0 N–H and O–H groups in total. The summed E-state index contributed by atoms with van der Waals surface area (Å²) >= 11 is 1.34. The highest BCUT2D eigenvalue weighted by Gasteiger charge is 2.39. The molecule has 6 nitrogen and oxygen atoms in total. The Morgan fingerprint density at radius 3 is 2.64 bits per heavy atom. The molecule has 4 rings (SSSR count). The predicted octanol–water partition coefficient (Wildman–Crippen LogP) is 2.62. The van der Waals surface area contributed by atoms with E-state index in [0.29, 0.717) is 36.2 Å². The van der Waals surface area contributed by atoms with Crippen LogP contribution in [0.5, 0.6) is 0 Å². The van der Waals surface area contributed by atoms with Crippen LogP contribution < -0.4 is 0 Å². The minimum atomic E-state index is -0.596. The lowest BCUT2D eigenvalue weighted by Crippen LogP contribution is -2.48. The number of amides is 3. The molecule has 0 spiro atoms. The van der Waals surface area contributed by atoms with Gasteiger partial charge in [-0.25, -0.2) is 14.1 Å². The fourth-order valence-corrected chi connectivity index (χ4v) is 4.33. The normalized spacial score (nSPS) is 18.9. The van der Waals surface area contributed by atoms with Crippen LogP contribution in [0.4, 0.5) is 9.18 Å². The van der Waals surface area contributed by atoms with Crippen molar-refractivity contribution in [2.24, 2.45) is 0 Å². The zero-order valence-electron chi connectivity index (χ0n) is 13.2. The predicted molar refractivity (Wildman–Crippen MR) is 88.9 cm³/mol. The summed E-state index contributed by atoms with van der Waals surface area (Å²) < 4.78 is 18.9. The van der Waals surface area contributed by atoms with Gasteiger partial charge in [-0.3, -0.25) is 9.59 Å². The Kier molecular flexibility index (Phi) is 3.91. The molecule has 1 aromatic heterocycles. The number of fused-ring (bicyclic) bond motifs is 1. The molecule has 130 valence electrons. The van der Waals surface area contributed by atoms with Crippen molar-refractivity contribution in [1.29, 1.82) is 0 Å². The topological polar surface area (TPSA) is 66.9 Å². The van der Waals surface area contributed by atoms with E-state index in [1.807, 2.05) is 0 Å². The number of carbonyl (C=O) groups is 3. The Hall–Kier alpha value is -2.48. The first kappa shape index (κ1) is 16.0. The van der Waals surface area contributed by atoms with Crippen molar-refractivity contribution in [1.82, 2.24) is 9.80 Å². The molecule has 0 aliphatic carbocycles. The van der Waals surface area contributed by atoms with Gasteiger partial charge in [0.2, 0.25) is 0 Å². The van der Waals surface area contributed by atoms with Gasteiger partial charge in [-0.05, 0) is 42.5 Å². The molecule has 3 amide bonds. The standard InChI is InChI=1S/C17H15FN2O4S/c18-11-1-2-13-10(7-11)8-14(25-13)16(22)19-5-3-12(4-6-19)20-15(21)9-24-17(20)23/h1-2,7-8,12H,3-6,9H2. The molecular formula is C17H15FN2O4S. The Morgan fingerprint density at radius 1 is 1.20 bits per heavy atom. The molecule has 0 bridgehead atoms. The molecular weight excluding hydrogens is 347 g/mol. The van der Waals surface area contributed by atoms with Crippen LogP contribution in [0, 0.1) is 5.82 Å². The van der Waals surface area contributed by atoms with Crippen LogP contribution in [-0.4, -0.2) is 53.4 Å². The number of thiophene rings is 1. The van der Waals surface area contributed by atoms with Crippen LogP contribution in [-0.2, 0) is 9.53 Å². The number of nitrogens with zero attached hydrogens (tertiary/aromatic N) is 2. The number of ether oxygens (including phenoxy) is 1. The molecule has 0 saturated carbocycles. The van der Waals surface area contributed by atoms with Crippen LogP contribution in [0.1, 0.15) is 22.5 Å². The van der Waals surface area contributed by atoms with Crippen molar-refractivity contribution in [2.75, 3.05) is 19.7 Å². The molecule has 25 heavy (non-hydrogen) atoms. The number of hydrogen-bond acceptors (Lipinski definition) is 5. The van der Waals surface area contributed by atoms with Crippen LogP contribution in [0.2, 0.25) is 0 Å². The Balaban J connectivity index is 1.45. The van der Waals surface area contributed by atoms with Gasteiger partial charge < -0.3 is 9.64 Å². The number of carbonyl (C=O) groups excluding carboxylic acids is 3. The number of piperidine rings is 1. The summed E-state index contributed by atoms with van der Waals surface area (Å²) in [5, 5.41) is 0.716. The van der Waals surface area contributed by atoms with Crippen molar-refractivity contribution in [3.63, 3.8) is 0 Å². The van der Waals surface area contributed by atoms with Gasteiger partial charge in [0.25, 0.3) is 11.8 Å². The summed E-state index contributed by atoms with van der Waals surface area (Å²) in [6, 6.07) is 5.95. The number of hydrogen-bond donors (Lipinski definition) is 0. The van der Waals surface area contributed by atoms with E-state index in [-0.39, 0.29) is 30.3 Å². The fourth-order valence-electron chi connectivity index (χ4n) is 3.32. The summed E-state index contributed by atoms with van der Waals surface area (Å²) in [7, 11) is 0. The van der Waals surface area contributed by atoms with Crippen LogP contribution in [0.25, 0.3) is 10.1 Å². The van der Waals surface area contributed by atoms with E-state index >= 15 is 0 Å². The van der Waals surface area contributed by atoms with E-state index in [9.17, 15) is 18.8 Å². The second-order valence-corrected chi connectivity index (χ2v) is 7.22. The van der Waals surface area contributed by atoms with Gasteiger partial charge >= 0.3 is 6.09 Å². The van der Waals surface area contributed by atoms with E-state index < -0.39 is 6.09 Å². The first-order valence-electron chi connectivity index (χ1n) is 8.00. The van der Waals surface area contributed by atoms with E-state index in [4.69, 9.17) is 4.74 Å². The molecule has 2 aromatic rings. The van der Waals surface area contributed by atoms with Crippen molar-refractivity contribution in [3.8, 4) is 0 Å². The van der Waals surface area contributed by atoms with Crippen LogP contribution >= 0.6 is 11.3 Å². The zero-order chi connectivity index (χ0) is 17.6. The van der Waals surface area contributed by atoms with Crippen molar-refractivity contribution in [2.45, 2.75) is 18.9 Å². The lowest BCUT2D eigenvalue weighted by molar-refractivity contribution is -0.127. The highest BCUT2D eigenvalue weighted by molar-refractivity contribution is 7.20. The second kappa shape index (κ2) is 6.11. The number of rotatable bonds is 2. The molecule has 0 unspecified atom stereocenters. The summed E-state index contributed by atoms with van der Waals surface area (Å²) in [4.78, 5) is 39.5. The van der Waals surface area contributed by atoms with Gasteiger partial charge in [-0.1, -0.05) is 0 Å². The van der Waals surface area contributed by atoms with Gasteiger partial charge in [0.1, 0.15) is 5.82 Å². The molecule has 2 aliphatic rings. The molecule has 8 heteroatoms. The van der Waals surface area contributed by atoms with Crippen molar-refractivity contribution in [3.05, 3.63) is 35.0 Å². The lowest BCUT2D eigenvalue weighted by Gasteiger charge is -2.34. The van der Waals surface area contributed by atoms with Crippen molar-refractivity contribution >= 4 is 39.3 Å². The third-order valence-corrected chi connectivity index (χ3v) is 5.69. The maximum Gasteiger partial charge on any atom is 0.417 e. The van der Waals surface area contributed by atoms with Gasteiger partial charge in [0.15, 0.2) is 6.61 Å². The first-order valence-corrected chi connectivity index (χ1v) is 8.82. The molecule has 2 saturated heterocycles. The van der Waals surface area contributed by atoms with E-state index in [1.165, 1.54) is 28.4 Å². The van der Waals surface area contributed by atoms with Gasteiger partial charge in [0, 0.05) is 23.8 Å². The van der Waals surface area contributed by atoms with E-state index in [2.05, 4.69) is 0 Å². The number of halogens is 1. The zero-order valence-corrected chi connectivity index (χ0v) is 14.1. The Labute approximate surface area is 146 Å². The summed E-state index contributed by atoms with van der Waals surface area (Å²) in [5.74, 6) is -0.746. The van der Waals surface area contributed by atoms with Crippen LogP contribution in [0.15, 0.2) is 24.3 Å². The largest absolute Gasteiger partial charge is 0.439 e. The number of imide groups is 1. The highest BCUT2D eigenvalue weighted by Crippen LogP contribution is 2.29. The first-order chi connectivity index (χ1) is 12.0. The highest BCUT2D eigenvalue weighted by atomic mass is 32.1. The fraction of sp³-hybridized carbons (Fsp3) is 0.353. The molecule has 1 aromatic carbocycles.